The van der Waals surface area contributed by atoms with E-state index in [9.17, 15) is 9.18 Å². The van der Waals surface area contributed by atoms with Crippen molar-refractivity contribution < 1.29 is 14.3 Å². The third-order valence-electron chi connectivity index (χ3n) is 2.46. The number of carboxylic acids is 1. The number of aryl methyl sites for hydroxylation is 1. The first kappa shape index (κ1) is 14.0. The molecule has 0 bridgehead atoms. The fourth-order valence-corrected chi connectivity index (χ4v) is 2.51. The highest BCUT2D eigenvalue weighted by Crippen LogP contribution is 2.24. The van der Waals surface area contributed by atoms with Gasteiger partial charge in [-0.2, -0.15) is 0 Å². The topological polar surface area (TPSA) is 62.2 Å². The Hall–Kier alpha value is -1.47. The molecule has 1 aromatic heterocycles. The van der Waals surface area contributed by atoms with Crippen molar-refractivity contribution in [2.45, 2.75) is 13.5 Å². The van der Waals surface area contributed by atoms with Crippen molar-refractivity contribution in [2.75, 3.05) is 5.32 Å². The van der Waals surface area contributed by atoms with Crippen LogP contribution in [-0.2, 0) is 6.54 Å². The predicted molar refractivity (Wildman–Crippen MR) is 75.2 cm³/mol. The molecule has 1 heterocycles. The molecule has 7 heteroatoms. The van der Waals surface area contributed by atoms with Crippen LogP contribution in [0.5, 0.6) is 0 Å². The predicted octanol–water partition coefficient (Wildman–Crippen LogP) is 3.66. The zero-order valence-electron chi connectivity index (χ0n) is 9.91. The lowest BCUT2D eigenvalue weighted by Gasteiger charge is -2.09. The van der Waals surface area contributed by atoms with Gasteiger partial charge in [0.25, 0.3) is 0 Å². The van der Waals surface area contributed by atoms with Crippen LogP contribution in [0.3, 0.4) is 0 Å². The van der Waals surface area contributed by atoms with Crippen molar-refractivity contribution in [3.05, 3.63) is 44.1 Å². The van der Waals surface area contributed by atoms with Gasteiger partial charge in [0.15, 0.2) is 0 Å². The van der Waals surface area contributed by atoms with Crippen LogP contribution in [0.25, 0.3) is 0 Å². The third kappa shape index (κ3) is 3.30. The third-order valence-corrected chi connectivity index (χ3v) is 3.95. The molecule has 0 aliphatic rings. The van der Waals surface area contributed by atoms with Gasteiger partial charge in [-0.25, -0.2) is 14.2 Å². The molecule has 0 saturated carbocycles. The van der Waals surface area contributed by atoms with Gasteiger partial charge in [-0.3, -0.25) is 0 Å². The number of rotatable bonds is 4. The Morgan fingerprint density at radius 1 is 1.58 bits per heavy atom. The molecule has 1 aromatic carbocycles. The molecular weight excluding hydrogens is 335 g/mol. The summed E-state index contributed by atoms with van der Waals surface area (Å²) in [5, 5.41) is 13.6. The second-order valence-electron chi connectivity index (χ2n) is 3.88. The van der Waals surface area contributed by atoms with Crippen molar-refractivity contribution >= 4 is 38.9 Å². The van der Waals surface area contributed by atoms with Gasteiger partial charge in [-0.15, -0.1) is 11.3 Å². The standard InChI is InChI=1S/C12H10BrFN2O2S/c1-6-2-9(14)8(13)3-10(6)15-4-7-5-19-11(16-7)12(17)18/h2-3,5,15H,4H2,1H3,(H,17,18). The highest BCUT2D eigenvalue weighted by atomic mass is 79.9. The molecule has 0 aliphatic carbocycles. The van der Waals surface area contributed by atoms with Gasteiger partial charge in [0, 0.05) is 11.1 Å². The van der Waals surface area contributed by atoms with Gasteiger partial charge >= 0.3 is 5.97 Å². The summed E-state index contributed by atoms with van der Waals surface area (Å²) in [5.41, 5.74) is 2.19. The minimum atomic E-state index is -1.03. The van der Waals surface area contributed by atoms with Crippen molar-refractivity contribution in [3.63, 3.8) is 0 Å². The summed E-state index contributed by atoms with van der Waals surface area (Å²) in [6, 6.07) is 3.07. The number of nitrogens with one attached hydrogen (secondary N) is 1. The molecule has 0 spiro atoms. The zero-order chi connectivity index (χ0) is 14.0. The molecule has 100 valence electrons. The number of aromatic nitrogens is 1. The Balaban J connectivity index is 2.09. The quantitative estimate of drug-likeness (QED) is 0.888. The largest absolute Gasteiger partial charge is 0.476 e. The smallest absolute Gasteiger partial charge is 0.365 e. The fraction of sp³-hybridized carbons (Fsp3) is 0.167. The first-order valence-corrected chi connectivity index (χ1v) is 7.02. The highest BCUT2D eigenvalue weighted by molar-refractivity contribution is 9.10. The van der Waals surface area contributed by atoms with Crippen LogP contribution in [-0.4, -0.2) is 16.1 Å². The van der Waals surface area contributed by atoms with Gasteiger partial charge in [0.05, 0.1) is 16.7 Å². The van der Waals surface area contributed by atoms with Crippen molar-refractivity contribution in [1.29, 1.82) is 0 Å². The minimum absolute atomic E-state index is 0.0637. The van der Waals surface area contributed by atoms with Crippen LogP contribution < -0.4 is 5.32 Å². The van der Waals surface area contributed by atoms with Crippen molar-refractivity contribution in [1.82, 2.24) is 4.98 Å². The maximum atomic E-state index is 13.3. The van der Waals surface area contributed by atoms with E-state index in [-0.39, 0.29) is 10.8 Å². The maximum absolute atomic E-state index is 13.3. The summed E-state index contributed by atoms with van der Waals surface area (Å²) in [4.78, 5) is 14.7. The van der Waals surface area contributed by atoms with Gasteiger partial charge in [0.1, 0.15) is 5.82 Å². The maximum Gasteiger partial charge on any atom is 0.365 e. The second-order valence-corrected chi connectivity index (χ2v) is 5.60. The summed E-state index contributed by atoms with van der Waals surface area (Å²) < 4.78 is 13.6. The average molecular weight is 345 g/mol. The van der Waals surface area contributed by atoms with Crippen LogP contribution in [0.15, 0.2) is 22.0 Å². The molecule has 4 nitrogen and oxygen atoms in total. The molecule has 0 fully saturated rings. The van der Waals surface area contributed by atoms with Gasteiger partial charge in [0.2, 0.25) is 5.01 Å². The molecular formula is C12H10BrFN2O2S. The van der Waals surface area contributed by atoms with E-state index in [1.807, 2.05) is 0 Å². The Kier molecular flexibility index (Phi) is 4.16. The lowest BCUT2D eigenvalue weighted by molar-refractivity contribution is 0.0696. The van der Waals surface area contributed by atoms with Crippen LogP contribution in [0.2, 0.25) is 0 Å². The Morgan fingerprint density at radius 3 is 2.95 bits per heavy atom. The monoisotopic (exact) mass is 344 g/mol. The molecule has 0 saturated heterocycles. The van der Waals surface area contributed by atoms with E-state index in [1.165, 1.54) is 6.07 Å². The molecule has 0 unspecified atom stereocenters. The number of benzene rings is 1. The summed E-state index contributed by atoms with van der Waals surface area (Å²) in [7, 11) is 0. The van der Waals surface area contributed by atoms with Crippen LogP contribution in [0, 0.1) is 12.7 Å². The molecule has 2 aromatic rings. The SMILES string of the molecule is Cc1cc(F)c(Br)cc1NCc1csc(C(=O)O)n1. The number of thiazole rings is 1. The second kappa shape index (κ2) is 5.66. The van der Waals surface area contributed by atoms with Gasteiger partial charge in [-0.05, 0) is 40.5 Å². The number of carbonyl (C=O) groups is 1. The average Bonchev–Trinajstić information content (AvgIpc) is 2.81. The lowest BCUT2D eigenvalue weighted by Crippen LogP contribution is -2.03. The van der Waals surface area contributed by atoms with Crippen LogP contribution in [0.4, 0.5) is 10.1 Å². The summed E-state index contributed by atoms with van der Waals surface area (Å²) in [5.74, 6) is -1.35. The van der Waals surface area contributed by atoms with E-state index in [1.54, 1.807) is 18.4 Å². The van der Waals surface area contributed by atoms with E-state index >= 15 is 0 Å². The normalized spacial score (nSPS) is 10.5. The van der Waals surface area contributed by atoms with E-state index in [0.29, 0.717) is 16.7 Å². The molecule has 2 N–H and O–H groups in total. The van der Waals surface area contributed by atoms with E-state index < -0.39 is 5.97 Å². The van der Waals surface area contributed by atoms with E-state index in [4.69, 9.17) is 5.11 Å². The van der Waals surface area contributed by atoms with E-state index in [0.717, 1.165) is 22.6 Å². The molecule has 0 aliphatic heterocycles. The Bertz CT molecular complexity index is 630. The summed E-state index contributed by atoms with van der Waals surface area (Å²) in [6.07, 6.45) is 0. The molecule has 2 rings (SSSR count). The molecule has 0 amide bonds. The number of carboxylic acid groups (broad SMARTS) is 1. The number of halogens is 2. The zero-order valence-corrected chi connectivity index (χ0v) is 12.3. The van der Waals surface area contributed by atoms with Crippen molar-refractivity contribution in [2.24, 2.45) is 0 Å². The molecule has 0 radical (unpaired) electrons. The number of nitrogens with zero attached hydrogens (tertiary/aromatic N) is 1. The first-order valence-electron chi connectivity index (χ1n) is 5.34. The lowest BCUT2D eigenvalue weighted by atomic mass is 10.2. The Labute approximate surface area is 121 Å². The number of anilines is 1. The van der Waals surface area contributed by atoms with Crippen molar-refractivity contribution in [3.8, 4) is 0 Å². The van der Waals surface area contributed by atoms with Gasteiger partial charge in [-0.1, -0.05) is 0 Å². The molecule has 0 atom stereocenters. The van der Waals surface area contributed by atoms with Gasteiger partial charge < -0.3 is 10.4 Å². The van der Waals surface area contributed by atoms with Crippen LogP contribution in [0.1, 0.15) is 21.1 Å². The van der Waals surface area contributed by atoms with Crippen LogP contribution >= 0.6 is 27.3 Å². The number of hydrogen-bond donors (Lipinski definition) is 2. The fourth-order valence-electron chi connectivity index (χ4n) is 1.51. The highest BCUT2D eigenvalue weighted by Gasteiger charge is 2.09. The minimum Gasteiger partial charge on any atom is -0.476 e. The Morgan fingerprint density at radius 2 is 2.32 bits per heavy atom. The number of aromatic carboxylic acids is 1. The first-order chi connectivity index (χ1) is 8.97. The summed E-state index contributed by atoms with van der Waals surface area (Å²) in [6.45, 7) is 2.18. The number of hydrogen-bond acceptors (Lipinski definition) is 4. The molecule has 19 heavy (non-hydrogen) atoms. The van der Waals surface area contributed by atoms with E-state index in [2.05, 4.69) is 26.2 Å². The summed E-state index contributed by atoms with van der Waals surface area (Å²) >= 11 is 4.21.